The van der Waals surface area contributed by atoms with Gasteiger partial charge in [-0.3, -0.25) is 0 Å². The van der Waals surface area contributed by atoms with Crippen LogP contribution in [0.15, 0.2) is 24.4 Å². The van der Waals surface area contributed by atoms with Crippen molar-refractivity contribution in [3.63, 3.8) is 0 Å². The van der Waals surface area contributed by atoms with Gasteiger partial charge in [-0.25, -0.2) is 9.29 Å². The van der Waals surface area contributed by atoms with E-state index < -0.39 is 10.2 Å². The quantitative estimate of drug-likeness (QED) is 0.804. The van der Waals surface area contributed by atoms with Crippen molar-refractivity contribution in [3.05, 3.63) is 24.4 Å². The van der Waals surface area contributed by atoms with E-state index in [1.165, 1.54) is 15.7 Å². The fourth-order valence-electron chi connectivity index (χ4n) is 1.71. The van der Waals surface area contributed by atoms with E-state index >= 15 is 0 Å². The summed E-state index contributed by atoms with van der Waals surface area (Å²) in [7, 11) is -1.92. The van der Waals surface area contributed by atoms with Gasteiger partial charge in [-0.15, -0.1) is 0 Å². The number of hydrogen-bond acceptors (Lipinski definition) is 4. The highest BCUT2D eigenvalue weighted by molar-refractivity contribution is 7.90. The number of nitrogens with one attached hydrogen (secondary N) is 1. The van der Waals surface area contributed by atoms with E-state index in [4.69, 9.17) is 0 Å². The summed E-state index contributed by atoms with van der Waals surface area (Å²) in [5.41, 5.74) is 0. The van der Waals surface area contributed by atoms with Crippen molar-refractivity contribution in [1.29, 1.82) is 0 Å². The topological polar surface area (TPSA) is 65.5 Å². The zero-order valence-electron chi connectivity index (χ0n) is 9.70. The molecule has 0 bridgehead atoms. The molecule has 0 amide bonds. The number of anilines is 1. The van der Waals surface area contributed by atoms with Gasteiger partial charge in [0, 0.05) is 39.4 Å². The lowest BCUT2D eigenvalue weighted by molar-refractivity contribution is 0.359. The maximum atomic E-state index is 12.3. The average Bonchev–Trinajstić information content (AvgIpc) is 2.40. The number of pyridine rings is 1. The van der Waals surface area contributed by atoms with Gasteiger partial charge in [-0.1, -0.05) is 6.07 Å². The standard InChI is InChI=1S/C10H16N4O2S/c1-13(10-4-2-3-5-12-10)17(15,16)14-8-6-11-7-9-14/h2-5,11H,6-9H2,1H3. The van der Waals surface area contributed by atoms with Crippen LogP contribution >= 0.6 is 0 Å². The fourth-order valence-corrected chi connectivity index (χ4v) is 3.04. The van der Waals surface area contributed by atoms with Gasteiger partial charge in [0.25, 0.3) is 0 Å². The van der Waals surface area contributed by atoms with Gasteiger partial charge in [0.05, 0.1) is 0 Å². The largest absolute Gasteiger partial charge is 0.314 e. The molecule has 0 spiro atoms. The second-order valence-electron chi connectivity index (χ2n) is 3.81. The molecule has 1 aliphatic rings. The molecule has 1 saturated heterocycles. The minimum atomic E-state index is -3.45. The summed E-state index contributed by atoms with van der Waals surface area (Å²) < 4.78 is 27.2. The molecule has 17 heavy (non-hydrogen) atoms. The normalized spacial score (nSPS) is 17.9. The van der Waals surface area contributed by atoms with Gasteiger partial charge in [-0.05, 0) is 12.1 Å². The Labute approximate surface area is 101 Å². The highest BCUT2D eigenvalue weighted by Crippen LogP contribution is 2.15. The van der Waals surface area contributed by atoms with Crippen LogP contribution in [0, 0.1) is 0 Å². The highest BCUT2D eigenvalue weighted by Gasteiger charge is 2.28. The zero-order valence-corrected chi connectivity index (χ0v) is 10.5. The molecule has 1 aromatic rings. The molecule has 1 fully saturated rings. The van der Waals surface area contributed by atoms with Crippen LogP contribution in [-0.4, -0.2) is 50.9 Å². The first-order valence-corrected chi connectivity index (χ1v) is 6.88. The highest BCUT2D eigenvalue weighted by atomic mass is 32.2. The molecular weight excluding hydrogens is 240 g/mol. The predicted molar refractivity (Wildman–Crippen MR) is 66.0 cm³/mol. The summed E-state index contributed by atoms with van der Waals surface area (Å²) in [5, 5.41) is 3.13. The Kier molecular flexibility index (Phi) is 3.60. The van der Waals surface area contributed by atoms with Gasteiger partial charge >= 0.3 is 10.2 Å². The summed E-state index contributed by atoms with van der Waals surface area (Å²) in [6, 6.07) is 5.21. The van der Waals surface area contributed by atoms with Crippen LogP contribution in [0.4, 0.5) is 5.82 Å². The molecular formula is C10H16N4O2S. The van der Waals surface area contributed by atoms with Crippen molar-refractivity contribution in [3.8, 4) is 0 Å². The maximum absolute atomic E-state index is 12.3. The molecule has 0 atom stereocenters. The second kappa shape index (κ2) is 4.99. The van der Waals surface area contributed by atoms with Crippen LogP contribution in [0.25, 0.3) is 0 Å². The van der Waals surface area contributed by atoms with Crippen LogP contribution in [0.2, 0.25) is 0 Å². The zero-order chi connectivity index (χ0) is 12.3. The van der Waals surface area contributed by atoms with Gasteiger partial charge in [0.1, 0.15) is 5.82 Å². The minimum Gasteiger partial charge on any atom is -0.314 e. The molecule has 1 aromatic heterocycles. The molecule has 7 heteroatoms. The molecule has 2 rings (SSSR count). The lowest BCUT2D eigenvalue weighted by Gasteiger charge is -2.30. The summed E-state index contributed by atoms with van der Waals surface area (Å²) in [5.74, 6) is 0.436. The molecule has 0 aliphatic carbocycles. The van der Waals surface area contributed by atoms with Crippen molar-refractivity contribution in [2.75, 3.05) is 37.5 Å². The molecule has 94 valence electrons. The fraction of sp³-hybridized carbons (Fsp3) is 0.500. The monoisotopic (exact) mass is 256 g/mol. The molecule has 6 nitrogen and oxygen atoms in total. The smallest absolute Gasteiger partial charge is 0.305 e. The van der Waals surface area contributed by atoms with Gasteiger partial charge < -0.3 is 5.32 Å². The third-order valence-corrected chi connectivity index (χ3v) is 4.62. The Bertz CT molecular complexity index is 456. The Balaban J connectivity index is 2.20. The molecule has 0 unspecified atom stereocenters. The maximum Gasteiger partial charge on any atom is 0.305 e. The van der Waals surface area contributed by atoms with Crippen LogP contribution in [0.1, 0.15) is 0 Å². The number of aromatic nitrogens is 1. The summed E-state index contributed by atoms with van der Waals surface area (Å²) in [6.45, 7) is 2.38. The third kappa shape index (κ3) is 2.56. The van der Waals surface area contributed by atoms with Crippen molar-refractivity contribution in [2.24, 2.45) is 0 Å². The van der Waals surface area contributed by atoms with E-state index in [0.29, 0.717) is 32.0 Å². The van der Waals surface area contributed by atoms with E-state index in [1.807, 2.05) is 0 Å². The predicted octanol–water partition coefficient (Wildman–Crippen LogP) is -0.332. The van der Waals surface area contributed by atoms with Crippen molar-refractivity contribution in [1.82, 2.24) is 14.6 Å². The Morgan fingerprint density at radius 1 is 1.35 bits per heavy atom. The molecule has 1 aliphatic heterocycles. The van der Waals surface area contributed by atoms with Crippen molar-refractivity contribution in [2.45, 2.75) is 0 Å². The van der Waals surface area contributed by atoms with E-state index in [-0.39, 0.29) is 0 Å². The summed E-state index contributed by atoms with van der Waals surface area (Å²) >= 11 is 0. The van der Waals surface area contributed by atoms with E-state index in [1.54, 1.807) is 24.4 Å². The first-order valence-electron chi connectivity index (χ1n) is 5.48. The van der Waals surface area contributed by atoms with Crippen LogP contribution in [-0.2, 0) is 10.2 Å². The van der Waals surface area contributed by atoms with Gasteiger partial charge in [0.15, 0.2) is 0 Å². The second-order valence-corrected chi connectivity index (χ2v) is 5.77. The third-order valence-electron chi connectivity index (χ3n) is 2.72. The van der Waals surface area contributed by atoms with Crippen LogP contribution in [0.3, 0.4) is 0 Å². The van der Waals surface area contributed by atoms with Crippen molar-refractivity contribution >= 4 is 16.0 Å². The number of nitrogens with zero attached hydrogens (tertiary/aromatic N) is 3. The molecule has 0 aromatic carbocycles. The minimum absolute atomic E-state index is 0.436. The number of hydrogen-bond donors (Lipinski definition) is 1. The molecule has 0 saturated carbocycles. The SMILES string of the molecule is CN(c1ccccn1)S(=O)(=O)N1CCNCC1. The Morgan fingerprint density at radius 2 is 2.06 bits per heavy atom. The Hall–Kier alpha value is -1.18. The number of rotatable bonds is 3. The lowest BCUT2D eigenvalue weighted by atomic mass is 10.4. The average molecular weight is 256 g/mol. The lowest BCUT2D eigenvalue weighted by Crippen LogP contribution is -2.51. The van der Waals surface area contributed by atoms with E-state index in [0.717, 1.165) is 0 Å². The van der Waals surface area contributed by atoms with Crippen LogP contribution < -0.4 is 9.62 Å². The molecule has 1 N–H and O–H groups in total. The summed E-state index contributed by atoms with van der Waals surface area (Å²) in [4.78, 5) is 4.04. The number of piperazine rings is 1. The molecule has 2 heterocycles. The first kappa shape index (κ1) is 12.3. The van der Waals surface area contributed by atoms with Gasteiger partial charge in [0.2, 0.25) is 0 Å². The summed E-state index contributed by atoms with van der Waals surface area (Å²) in [6.07, 6.45) is 1.58. The van der Waals surface area contributed by atoms with Crippen LogP contribution in [0.5, 0.6) is 0 Å². The van der Waals surface area contributed by atoms with Gasteiger partial charge in [-0.2, -0.15) is 12.7 Å². The first-order chi connectivity index (χ1) is 8.12. The van der Waals surface area contributed by atoms with E-state index in [9.17, 15) is 8.42 Å². The Morgan fingerprint density at radius 3 is 2.65 bits per heavy atom. The van der Waals surface area contributed by atoms with Crippen molar-refractivity contribution < 1.29 is 8.42 Å². The molecule has 0 radical (unpaired) electrons. The van der Waals surface area contributed by atoms with E-state index in [2.05, 4.69) is 10.3 Å².